The Morgan fingerprint density at radius 1 is 1.17 bits per heavy atom. The molecule has 0 atom stereocenters. The Bertz CT molecular complexity index is 1000. The molecule has 0 saturated heterocycles. The molecule has 0 unspecified atom stereocenters. The number of anilines is 1. The van der Waals surface area contributed by atoms with Gasteiger partial charge in [-0.15, -0.1) is 0 Å². The standard InChI is InChI=1S/C22H23N3O4/c1-27-20-9-15-5-6-25(14-17(15)10-21(20)28-2)22(26)16-8-18(12-23-11-16)24-13-19-4-3-7-29-19/h3-4,7-12,24H,5-6,13-14H2,1-2H3. The predicted octanol–water partition coefficient (Wildman–Crippen LogP) is 3.50. The van der Waals surface area contributed by atoms with Crippen LogP contribution in [0.5, 0.6) is 11.5 Å². The monoisotopic (exact) mass is 393 g/mol. The summed E-state index contributed by atoms with van der Waals surface area (Å²) in [5, 5.41) is 3.23. The number of ether oxygens (including phenoxy) is 2. The van der Waals surface area contributed by atoms with Gasteiger partial charge in [0.15, 0.2) is 11.5 Å². The van der Waals surface area contributed by atoms with E-state index in [0.29, 0.717) is 36.7 Å². The molecule has 0 fully saturated rings. The molecule has 0 bridgehead atoms. The number of amides is 1. The molecule has 7 nitrogen and oxygen atoms in total. The summed E-state index contributed by atoms with van der Waals surface area (Å²) < 4.78 is 16.1. The van der Waals surface area contributed by atoms with Gasteiger partial charge in [-0.25, -0.2) is 0 Å². The number of pyridine rings is 1. The second kappa shape index (κ2) is 8.26. The minimum absolute atomic E-state index is 0.0421. The summed E-state index contributed by atoms with van der Waals surface area (Å²) in [6.45, 7) is 1.70. The highest BCUT2D eigenvalue weighted by Crippen LogP contribution is 2.33. The predicted molar refractivity (Wildman–Crippen MR) is 108 cm³/mol. The zero-order valence-corrected chi connectivity index (χ0v) is 16.5. The number of benzene rings is 1. The first-order valence-electron chi connectivity index (χ1n) is 9.42. The molecular formula is C22H23N3O4. The summed E-state index contributed by atoms with van der Waals surface area (Å²) in [7, 11) is 3.24. The molecule has 29 heavy (non-hydrogen) atoms. The second-order valence-electron chi connectivity index (χ2n) is 6.85. The van der Waals surface area contributed by atoms with Gasteiger partial charge >= 0.3 is 0 Å². The SMILES string of the molecule is COc1cc2c(cc1OC)CN(C(=O)c1cncc(NCc3ccco3)c1)CC2. The molecule has 7 heteroatoms. The fourth-order valence-electron chi connectivity index (χ4n) is 3.50. The average molecular weight is 393 g/mol. The van der Waals surface area contributed by atoms with Crippen LogP contribution in [0, 0.1) is 0 Å². The molecule has 1 aromatic carbocycles. The maximum absolute atomic E-state index is 13.1. The first-order chi connectivity index (χ1) is 14.2. The maximum Gasteiger partial charge on any atom is 0.255 e. The number of hydrogen-bond acceptors (Lipinski definition) is 6. The quantitative estimate of drug-likeness (QED) is 0.691. The zero-order chi connectivity index (χ0) is 20.2. The first-order valence-corrected chi connectivity index (χ1v) is 9.42. The van der Waals surface area contributed by atoms with Crippen LogP contribution in [-0.4, -0.2) is 36.6 Å². The van der Waals surface area contributed by atoms with Crippen LogP contribution in [0.2, 0.25) is 0 Å². The van der Waals surface area contributed by atoms with Crippen LogP contribution in [0.1, 0.15) is 27.2 Å². The van der Waals surface area contributed by atoms with Crippen LogP contribution in [0.25, 0.3) is 0 Å². The molecule has 2 aromatic heterocycles. The first kappa shape index (κ1) is 18.9. The maximum atomic E-state index is 13.1. The van der Waals surface area contributed by atoms with Gasteiger partial charge in [-0.3, -0.25) is 9.78 Å². The second-order valence-corrected chi connectivity index (χ2v) is 6.85. The van der Waals surface area contributed by atoms with E-state index in [4.69, 9.17) is 13.9 Å². The highest BCUT2D eigenvalue weighted by molar-refractivity contribution is 5.95. The van der Waals surface area contributed by atoms with Crippen molar-refractivity contribution in [1.82, 2.24) is 9.88 Å². The Labute approximate surface area is 169 Å². The van der Waals surface area contributed by atoms with Gasteiger partial charge in [0, 0.05) is 25.5 Å². The summed E-state index contributed by atoms with van der Waals surface area (Å²) >= 11 is 0. The molecular weight excluding hydrogens is 370 g/mol. The third-order valence-electron chi connectivity index (χ3n) is 5.04. The number of nitrogens with one attached hydrogen (secondary N) is 1. The number of carbonyl (C=O) groups excluding carboxylic acids is 1. The smallest absolute Gasteiger partial charge is 0.255 e. The zero-order valence-electron chi connectivity index (χ0n) is 16.5. The Hall–Kier alpha value is -3.48. The van der Waals surface area contributed by atoms with Crippen molar-refractivity contribution in [2.24, 2.45) is 0 Å². The van der Waals surface area contributed by atoms with Crippen molar-refractivity contribution in [2.75, 3.05) is 26.1 Å². The van der Waals surface area contributed by atoms with E-state index in [9.17, 15) is 4.79 Å². The average Bonchev–Trinajstić information content (AvgIpc) is 3.29. The van der Waals surface area contributed by atoms with Gasteiger partial charge in [0.1, 0.15) is 5.76 Å². The lowest BCUT2D eigenvalue weighted by Crippen LogP contribution is -2.36. The van der Waals surface area contributed by atoms with E-state index in [2.05, 4.69) is 10.3 Å². The van der Waals surface area contributed by atoms with E-state index in [1.54, 1.807) is 32.9 Å². The molecule has 1 N–H and O–H groups in total. The van der Waals surface area contributed by atoms with Crippen LogP contribution in [0.4, 0.5) is 5.69 Å². The van der Waals surface area contributed by atoms with Gasteiger partial charge in [0.2, 0.25) is 0 Å². The lowest BCUT2D eigenvalue weighted by molar-refractivity contribution is 0.0734. The summed E-state index contributed by atoms with van der Waals surface area (Å²) in [5.74, 6) is 2.16. The van der Waals surface area contributed by atoms with E-state index in [-0.39, 0.29) is 5.91 Å². The van der Waals surface area contributed by atoms with Gasteiger partial charge in [-0.05, 0) is 47.9 Å². The van der Waals surface area contributed by atoms with Gasteiger partial charge in [-0.1, -0.05) is 0 Å². The van der Waals surface area contributed by atoms with Crippen molar-refractivity contribution in [3.8, 4) is 11.5 Å². The number of furan rings is 1. The number of aromatic nitrogens is 1. The Balaban J connectivity index is 1.48. The molecule has 0 spiro atoms. The van der Waals surface area contributed by atoms with Crippen molar-refractivity contribution in [1.29, 1.82) is 0 Å². The molecule has 1 amide bonds. The lowest BCUT2D eigenvalue weighted by Gasteiger charge is -2.29. The van der Waals surface area contributed by atoms with Crippen molar-refractivity contribution in [3.05, 3.63) is 71.4 Å². The summed E-state index contributed by atoms with van der Waals surface area (Å²) in [4.78, 5) is 19.1. The minimum Gasteiger partial charge on any atom is -0.493 e. The third-order valence-corrected chi connectivity index (χ3v) is 5.04. The number of hydrogen-bond donors (Lipinski definition) is 1. The summed E-state index contributed by atoms with van der Waals surface area (Å²) in [6, 6.07) is 9.50. The number of nitrogens with zero attached hydrogens (tertiary/aromatic N) is 2. The Morgan fingerprint density at radius 2 is 1.97 bits per heavy atom. The molecule has 1 aliphatic heterocycles. The molecule has 0 saturated carbocycles. The van der Waals surface area contributed by atoms with Gasteiger partial charge in [0.25, 0.3) is 5.91 Å². The Morgan fingerprint density at radius 3 is 2.69 bits per heavy atom. The number of fused-ring (bicyclic) bond motifs is 1. The number of rotatable bonds is 6. The van der Waals surface area contributed by atoms with Crippen LogP contribution in [0.15, 0.2) is 53.4 Å². The molecule has 3 aromatic rings. The normalized spacial score (nSPS) is 13.0. The van der Waals surface area contributed by atoms with E-state index >= 15 is 0 Å². The lowest BCUT2D eigenvalue weighted by atomic mass is 9.98. The van der Waals surface area contributed by atoms with Gasteiger partial charge in [-0.2, -0.15) is 0 Å². The largest absolute Gasteiger partial charge is 0.493 e. The van der Waals surface area contributed by atoms with Gasteiger partial charge < -0.3 is 24.1 Å². The van der Waals surface area contributed by atoms with E-state index < -0.39 is 0 Å². The van der Waals surface area contributed by atoms with Gasteiger partial charge in [0.05, 0.1) is 38.3 Å². The Kier molecular flexibility index (Phi) is 5.37. The van der Waals surface area contributed by atoms with E-state index in [1.807, 2.05) is 35.2 Å². The fourth-order valence-corrected chi connectivity index (χ4v) is 3.50. The topological polar surface area (TPSA) is 76.8 Å². The highest BCUT2D eigenvalue weighted by atomic mass is 16.5. The van der Waals surface area contributed by atoms with Crippen LogP contribution in [0.3, 0.4) is 0 Å². The molecule has 0 radical (unpaired) electrons. The fraction of sp³-hybridized carbons (Fsp3) is 0.273. The molecule has 0 aliphatic carbocycles. The summed E-state index contributed by atoms with van der Waals surface area (Å²) in [5.41, 5.74) is 3.58. The van der Waals surface area contributed by atoms with Crippen molar-refractivity contribution >= 4 is 11.6 Å². The molecule has 4 rings (SSSR count). The number of carbonyl (C=O) groups is 1. The minimum atomic E-state index is -0.0421. The molecule has 3 heterocycles. The number of methoxy groups -OCH3 is 2. The van der Waals surface area contributed by atoms with Crippen LogP contribution >= 0.6 is 0 Å². The molecule has 150 valence electrons. The van der Waals surface area contributed by atoms with Crippen molar-refractivity contribution in [2.45, 2.75) is 19.5 Å². The van der Waals surface area contributed by atoms with Crippen LogP contribution < -0.4 is 14.8 Å². The molecule has 1 aliphatic rings. The third kappa shape index (κ3) is 4.03. The van der Waals surface area contributed by atoms with E-state index in [1.165, 1.54) is 5.56 Å². The van der Waals surface area contributed by atoms with Crippen molar-refractivity contribution < 1.29 is 18.7 Å². The highest BCUT2D eigenvalue weighted by Gasteiger charge is 2.24. The van der Waals surface area contributed by atoms with Crippen molar-refractivity contribution in [3.63, 3.8) is 0 Å². The van der Waals surface area contributed by atoms with Crippen LogP contribution in [-0.2, 0) is 19.5 Å². The van der Waals surface area contributed by atoms with E-state index in [0.717, 1.165) is 23.4 Å². The summed E-state index contributed by atoms with van der Waals surface area (Å²) in [6.07, 6.45) is 5.70.